The van der Waals surface area contributed by atoms with Crippen molar-refractivity contribution in [2.45, 2.75) is 71.5 Å². The van der Waals surface area contributed by atoms with Crippen LogP contribution in [0.4, 0.5) is 0 Å². The monoisotopic (exact) mass is 225 g/mol. The van der Waals surface area contributed by atoms with E-state index in [-0.39, 0.29) is 5.54 Å². The molecule has 0 aromatic carbocycles. The quantitative estimate of drug-likeness (QED) is 0.742. The van der Waals surface area contributed by atoms with E-state index < -0.39 is 0 Å². The maximum absolute atomic E-state index is 6.13. The maximum Gasteiger partial charge on any atom is 0.139 e. The Hall–Kier alpha value is -0.0151. The molecular formula is C13H28BNO. The Bertz CT molecular complexity index is 235. The third-order valence-corrected chi connectivity index (χ3v) is 3.49. The predicted molar refractivity (Wildman–Crippen MR) is 72.3 cm³/mol. The summed E-state index contributed by atoms with van der Waals surface area (Å²) in [7, 11) is 2.21. The van der Waals surface area contributed by atoms with E-state index in [1.807, 2.05) is 0 Å². The van der Waals surface area contributed by atoms with Gasteiger partial charge in [0.15, 0.2) is 0 Å². The summed E-state index contributed by atoms with van der Waals surface area (Å²) in [5, 5.41) is 0. The molecule has 2 nitrogen and oxygen atoms in total. The van der Waals surface area contributed by atoms with Crippen molar-refractivity contribution in [1.82, 2.24) is 0 Å². The van der Waals surface area contributed by atoms with Crippen LogP contribution in [0.1, 0.15) is 53.9 Å². The summed E-state index contributed by atoms with van der Waals surface area (Å²) < 4.78 is 5.82. The summed E-state index contributed by atoms with van der Waals surface area (Å²) in [5.74, 6) is 0.701. The van der Waals surface area contributed by atoms with Gasteiger partial charge in [-0.2, -0.15) is 0 Å². The van der Waals surface area contributed by atoms with Crippen molar-refractivity contribution in [3.8, 4) is 0 Å². The highest BCUT2D eigenvalue weighted by Crippen LogP contribution is 2.39. The third-order valence-electron chi connectivity index (χ3n) is 3.49. The van der Waals surface area contributed by atoms with Gasteiger partial charge in [0.25, 0.3) is 0 Å². The average molecular weight is 225 g/mol. The molecule has 1 rings (SSSR count). The molecule has 1 fully saturated rings. The number of hydrogen-bond acceptors (Lipinski definition) is 2. The molecule has 0 spiro atoms. The van der Waals surface area contributed by atoms with Gasteiger partial charge < -0.3 is 10.5 Å². The van der Waals surface area contributed by atoms with E-state index in [2.05, 4.69) is 42.5 Å². The van der Waals surface area contributed by atoms with Crippen molar-refractivity contribution in [2.75, 3.05) is 0 Å². The first-order chi connectivity index (χ1) is 7.09. The van der Waals surface area contributed by atoms with E-state index >= 15 is 0 Å². The van der Waals surface area contributed by atoms with Crippen molar-refractivity contribution in [1.29, 1.82) is 0 Å². The van der Waals surface area contributed by atoms with E-state index in [4.69, 9.17) is 10.5 Å². The van der Waals surface area contributed by atoms with Gasteiger partial charge in [0, 0.05) is 11.5 Å². The minimum Gasteiger partial charge on any atom is -0.384 e. The van der Waals surface area contributed by atoms with Crippen LogP contribution in [-0.4, -0.2) is 25.5 Å². The van der Waals surface area contributed by atoms with Crippen molar-refractivity contribution in [2.24, 2.45) is 17.1 Å². The zero-order valence-corrected chi connectivity index (χ0v) is 11.8. The Morgan fingerprint density at radius 1 is 1.31 bits per heavy atom. The highest BCUT2D eigenvalue weighted by Gasteiger charge is 2.35. The fourth-order valence-electron chi connectivity index (χ4n) is 3.42. The molecular weight excluding hydrogens is 197 g/mol. The highest BCUT2D eigenvalue weighted by atomic mass is 16.5. The molecule has 0 saturated carbocycles. The molecule has 3 heteroatoms. The van der Waals surface area contributed by atoms with Gasteiger partial charge in [-0.15, -0.1) is 0 Å². The van der Waals surface area contributed by atoms with Gasteiger partial charge in [-0.05, 0) is 51.4 Å². The van der Waals surface area contributed by atoms with Crippen LogP contribution in [0, 0.1) is 11.3 Å². The summed E-state index contributed by atoms with van der Waals surface area (Å²) in [6, 6.07) is 0.412. The van der Waals surface area contributed by atoms with Crippen LogP contribution in [0.5, 0.6) is 0 Å². The first-order valence-electron chi connectivity index (χ1n) is 6.53. The molecule has 0 aromatic heterocycles. The lowest BCUT2D eigenvalue weighted by Crippen LogP contribution is -2.38. The Balaban J connectivity index is 2.52. The minimum absolute atomic E-state index is 0.0716. The van der Waals surface area contributed by atoms with Crippen molar-refractivity contribution in [3.63, 3.8) is 0 Å². The van der Waals surface area contributed by atoms with Gasteiger partial charge in [0.2, 0.25) is 0 Å². The molecule has 1 saturated heterocycles. The van der Waals surface area contributed by atoms with Gasteiger partial charge in [0.05, 0.1) is 6.10 Å². The first-order valence-corrected chi connectivity index (χ1v) is 6.53. The molecule has 94 valence electrons. The van der Waals surface area contributed by atoms with Crippen LogP contribution in [0.25, 0.3) is 0 Å². The van der Waals surface area contributed by atoms with Crippen LogP contribution in [-0.2, 0) is 4.74 Å². The van der Waals surface area contributed by atoms with E-state index in [1.165, 1.54) is 12.8 Å². The molecule has 0 aromatic rings. The number of rotatable bonds is 4. The Kier molecular flexibility index (Phi) is 4.12. The van der Waals surface area contributed by atoms with E-state index in [1.54, 1.807) is 0 Å². The van der Waals surface area contributed by atoms with Crippen LogP contribution < -0.4 is 5.73 Å². The number of hydrogen-bond donors (Lipinski definition) is 1. The number of nitrogens with two attached hydrogens (primary N) is 1. The lowest BCUT2D eigenvalue weighted by atomic mass is 9.70. The maximum atomic E-state index is 6.13. The number of ether oxygens (including phenoxy) is 1. The standard InChI is InChI=1S/C13H28BNO/c1-9-6-10(11(14)16-9)7-12(2,3)8-13(4,5)15/h9-11H,6-8,14-15H2,1-5H3. The first kappa shape index (κ1) is 14.0. The molecule has 2 N–H and O–H groups in total. The van der Waals surface area contributed by atoms with Gasteiger partial charge in [-0.1, -0.05) is 13.8 Å². The lowest BCUT2D eigenvalue weighted by molar-refractivity contribution is 0.0855. The zero-order chi connectivity index (χ0) is 12.6. The van der Waals surface area contributed by atoms with E-state index in [0.717, 1.165) is 6.42 Å². The largest absolute Gasteiger partial charge is 0.384 e. The van der Waals surface area contributed by atoms with Gasteiger partial charge in [-0.25, -0.2) is 0 Å². The SMILES string of the molecule is BC1OC(C)CC1CC(C)(C)CC(C)(C)N. The summed E-state index contributed by atoms with van der Waals surface area (Å²) >= 11 is 0. The van der Waals surface area contributed by atoms with Crippen molar-refractivity contribution >= 4 is 7.85 Å². The minimum atomic E-state index is -0.0716. The van der Waals surface area contributed by atoms with Crippen LogP contribution >= 0.6 is 0 Å². The molecule has 3 unspecified atom stereocenters. The highest BCUT2D eigenvalue weighted by molar-refractivity contribution is 6.11. The second-order valence-electron chi connectivity index (χ2n) is 7.18. The van der Waals surface area contributed by atoms with Gasteiger partial charge >= 0.3 is 0 Å². The Morgan fingerprint density at radius 3 is 2.25 bits per heavy atom. The smallest absolute Gasteiger partial charge is 0.139 e. The molecule has 0 aliphatic carbocycles. The normalized spacial score (nSPS) is 32.0. The molecule has 3 atom stereocenters. The summed E-state index contributed by atoms with van der Waals surface area (Å²) in [6.07, 6.45) is 3.92. The van der Waals surface area contributed by atoms with Crippen LogP contribution in [0.2, 0.25) is 0 Å². The molecule has 0 radical (unpaired) electrons. The second kappa shape index (κ2) is 4.69. The average Bonchev–Trinajstić information content (AvgIpc) is 2.22. The topological polar surface area (TPSA) is 35.2 Å². The Morgan fingerprint density at radius 2 is 1.88 bits per heavy atom. The van der Waals surface area contributed by atoms with Crippen molar-refractivity contribution in [3.05, 3.63) is 0 Å². The molecule has 16 heavy (non-hydrogen) atoms. The fraction of sp³-hybridized carbons (Fsp3) is 1.00. The molecule has 1 heterocycles. The molecule has 0 bridgehead atoms. The summed E-state index contributed by atoms with van der Waals surface area (Å²) in [5.41, 5.74) is 6.37. The van der Waals surface area contributed by atoms with Gasteiger partial charge in [-0.3, -0.25) is 0 Å². The van der Waals surface area contributed by atoms with E-state index in [9.17, 15) is 0 Å². The Labute approximate surface area is 102 Å². The van der Waals surface area contributed by atoms with Gasteiger partial charge in [0.1, 0.15) is 7.85 Å². The third kappa shape index (κ3) is 4.46. The predicted octanol–water partition coefficient (Wildman–Crippen LogP) is 1.91. The van der Waals surface area contributed by atoms with Crippen LogP contribution in [0.15, 0.2) is 0 Å². The summed E-state index contributed by atoms with van der Waals surface area (Å²) in [6.45, 7) is 11.1. The fourth-order valence-corrected chi connectivity index (χ4v) is 3.42. The molecule has 1 aliphatic heterocycles. The van der Waals surface area contributed by atoms with Crippen molar-refractivity contribution < 1.29 is 4.74 Å². The second-order valence-corrected chi connectivity index (χ2v) is 7.18. The van der Waals surface area contributed by atoms with Crippen LogP contribution in [0.3, 0.4) is 0 Å². The molecule has 1 aliphatic rings. The van der Waals surface area contributed by atoms with E-state index in [0.29, 0.717) is 23.4 Å². The lowest BCUT2D eigenvalue weighted by Gasteiger charge is -2.35. The zero-order valence-electron chi connectivity index (χ0n) is 11.8. The summed E-state index contributed by atoms with van der Waals surface area (Å²) in [4.78, 5) is 0. The molecule has 0 amide bonds.